The summed E-state index contributed by atoms with van der Waals surface area (Å²) < 4.78 is 1.07. The van der Waals surface area contributed by atoms with Crippen LogP contribution in [0.1, 0.15) is 26.1 Å². The van der Waals surface area contributed by atoms with E-state index >= 15 is 0 Å². The Morgan fingerprint density at radius 1 is 1.33 bits per heavy atom. The Balaban J connectivity index is 2.14. The molecule has 0 radical (unpaired) electrons. The van der Waals surface area contributed by atoms with Crippen LogP contribution in [-0.2, 0) is 6.42 Å². The summed E-state index contributed by atoms with van der Waals surface area (Å²) in [4.78, 5) is 7.75. The van der Waals surface area contributed by atoms with E-state index in [2.05, 4.69) is 32.0 Å². The van der Waals surface area contributed by atoms with Crippen LogP contribution in [-0.4, -0.2) is 15.5 Å². The Kier molecular flexibility index (Phi) is 3.88. The summed E-state index contributed by atoms with van der Waals surface area (Å²) in [7, 11) is 0. The molecule has 0 atom stereocenters. The maximum Gasteiger partial charge on any atom is 0.106 e. The maximum atomic E-state index is 5.98. The van der Waals surface area contributed by atoms with E-state index in [0.29, 0.717) is 0 Å². The summed E-state index contributed by atoms with van der Waals surface area (Å²) in [6.07, 6.45) is 3.66. The number of nitrogens with two attached hydrogens (primary N) is 1. The first kappa shape index (κ1) is 13.3. The predicted octanol–water partition coefficient (Wildman–Crippen LogP) is 3.51. The van der Waals surface area contributed by atoms with Crippen molar-refractivity contribution in [2.24, 2.45) is 5.73 Å². The minimum absolute atomic E-state index is 0.152. The molecule has 0 aliphatic heterocycles. The van der Waals surface area contributed by atoms with E-state index in [-0.39, 0.29) is 5.54 Å². The summed E-state index contributed by atoms with van der Waals surface area (Å²) in [6, 6.07) is 8.11. The second-order valence-corrected chi connectivity index (χ2v) is 6.07. The Bertz CT molecular complexity index is 526. The molecule has 0 fully saturated rings. The molecular formula is C14H18BrN3. The number of H-pyrrole nitrogens is 1. The van der Waals surface area contributed by atoms with Gasteiger partial charge < -0.3 is 10.7 Å². The molecule has 0 aliphatic carbocycles. The number of hydrogen-bond acceptors (Lipinski definition) is 2. The van der Waals surface area contributed by atoms with Crippen molar-refractivity contribution in [2.45, 2.75) is 32.2 Å². The predicted molar refractivity (Wildman–Crippen MR) is 78.3 cm³/mol. The van der Waals surface area contributed by atoms with Crippen LogP contribution in [0.3, 0.4) is 0 Å². The van der Waals surface area contributed by atoms with E-state index in [1.165, 1.54) is 0 Å². The average molecular weight is 308 g/mol. The molecule has 4 heteroatoms. The first-order chi connectivity index (χ1) is 8.46. The Hall–Kier alpha value is -1.13. The number of rotatable bonds is 4. The molecule has 1 aromatic carbocycles. The molecule has 0 aliphatic rings. The largest absolute Gasteiger partial charge is 0.342 e. The normalized spacial score (nSPS) is 11.8. The Labute approximate surface area is 116 Å². The van der Waals surface area contributed by atoms with Crippen LogP contribution in [0, 0.1) is 0 Å². The monoisotopic (exact) mass is 307 g/mol. The van der Waals surface area contributed by atoms with Gasteiger partial charge >= 0.3 is 0 Å². The number of aromatic amines is 1. The van der Waals surface area contributed by atoms with Gasteiger partial charge in [0.1, 0.15) is 5.82 Å². The number of benzene rings is 1. The molecule has 3 nitrogen and oxygen atoms in total. The highest BCUT2D eigenvalue weighted by Gasteiger charge is 2.12. The first-order valence-corrected chi connectivity index (χ1v) is 6.83. The molecule has 2 rings (SSSR count). The smallest absolute Gasteiger partial charge is 0.106 e. The fraction of sp³-hybridized carbons (Fsp3) is 0.357. The lowest BCUT2D eigenvalue weighted by Crippen LogP contribution is -2.32. The van der Waals surface area contributed by atoms with Gasteiger partial charge in [0.2, 0.25) is 0 Å². The van der Waals surface area contributed by atoms with Crippen molar-refractivity contribution in [3.8, 4) is 11.3 Å². The third kappa shape index (κ3) is 3.43. The van der Waals surface area contributed by atoms with Crippen LogP contribution in [0.15, 0.2) is 34.9 Å². The third-order valence-electron chi connectivity index (χ3n) is 2.80. The summed E-state index contributed by atoms with van der Waals surface area (Å²) in [6.45, 7) is 4.06. The van der Waals surface area contributed by atoms with Crippen molar-refractivity contribution in [3.05, 3.63) is 40.8 Å². The van der Waals surface area contributed by atoms with Crippen molar-refractivity contribution in [2.75, 3.05) is 0 Å². The van der Waals surface area contributed by atoms with Gasteiger partial charge in [-0.3, -0.25) is 0 Å². The molecule has 0 amide bonds. The molecule has 0 bridgehead atoms. The summed E-state index contributed by atoms with van der Waals surface area (Å²) in [5.74, 6) is 0.985. The van der Waals surface area contributed by atoms with Crippen molar-refractivity contribution in [3.63, 3.8) is 0 Å². The van der Waals surface area contributed by atoms with Crippen LogP contribution < -0.4 is 5.73 Å². The van der Waals surface area contributed by atoms with Gasteiger partial charge in [-0.05, 0) is 26.3 Å². The van der Waals surface area contributed by atoms with E-state index in [0.717, 1.165) is 34.4 Å². The van der Waals surface area contributed by atoms with Gasteiger partial charge in [0, 0.05) is 22.0 Å². The zero-order valence-electron chi connectivity index (χ0n) is 10.7. The van der Waals surface area contributed by atoms with E-state index in [9.17, 15) is 0 Å². The van der Waals surface area contributed by atoms with Crippen LogP contribution in [0.5, 0.6) is 0 Å². The molecule has 1 heterocycles. The number of aryl methyl sites for hydroxylation is 1. The fourth-order valence-electron chi connectivity index (χ4n) is 1.75. The highest BCUT2D eigenvalue weighted by Crippen LogP contribution is 2.26. The van der Waals surface area contributed by atoms with Crippen LogP contribution in [0.4, 0.5) is 0 Å². The third-order valence-corrected chi connectivity index (χ3v) is 3.49. The number of nitrogens with one attached hydrogen (secondary N) is 1. The minimum atomic E-state index is -0.152. The molecule has 3 N–H and O–H groups in total. The maximum absolute atomic E-state index is 5.98. The van der Waals surface area contributed by atoms with Crippen molar-refractivity contribution < 1.29 is 0 Å². The molecule has 1 aromatic heterocycles. The Morgan fingerprint density at radius 3 is 2.72 bits per heavy atom. The minimum Gasteiger partial charge on any atom is -0.342 e. The summed E-state index contributed by atoms with van der Waals surface area (Å²) in [5, 5.41) is 0. The van der Waals surface area contributed by atoms with E-state index in [4.69, 9.17) is 5.73 Å². The van der Waals surface area contributed by atoms with Crippen LogP contribution in [0.25, 0.3) is 11.3 Å². The number of halogens is 1. The van der Waals surface area contributed by atoms with E-state index < -0.39 is 0 Å². The number of aromatic nitrogens is 2. The van der Waals surface area contributed by atoms with Crippen molar-refractivity contribution >= 4 is 15.9 Å². The SMILES string of the molecule is CC(C)(N)CCc1ncc(-c2ccccc2Br)[nH]1. The highest BCUT2D eigenvalue weighted by atomic mass is 79.9. The van der Waals surface area contributed by atoms with Gasteiger partial charge in [-0.15, -0.1) is 0 Å². The summed E-state index contributed by atoms with van der Waals surface area (Å²) in [5.41, 5.74) is 7.99. The molecule has 18 heavy (non-hydrogen) atoms. The molecule has 0 saturated carbocycles. The first-order valence-electron chi connectivity index (χ1n) is 6.03. The van der Waals surface area contributed by atoms with Gasteiger partial charge in [0.15, 0.2) is 0 Å². The fourth-order valence-corrected chi connectivity index (χ4v) is 2.24. The lowest BCUT2D eigenvalue weighted by molar-refractivity contribution is 0.472. The molecule has 0 saturated heterocycles. The average Bonchev–Trinajstić information content (AvgIpc) is 2.75. The molecule has 0 unspecified atom stereocenters. The van der Waals surface area contributed by atoms with Crippen LogP contribution >= 0.6 is 15.9 Å². The van der Waals surface area contributed by atoms with Gasteiger partial charge in [-0.2, -0.15) is 0 Å². The highest BCUT2D eigenvalue weighted by molar-refractivity contribution is 9.10. The number of imidazole rings is 1. The van der Waals surface area contributed by atoms with Gasteiger partial charge in [-0.1, -0.05) is 34.1 Å². The number of hydrogen-bond donors (Lipinski definition) is 2. The second-order valence-electron chi connectivity index (χ2n) is 5.21. The molecular weight excluding hydrogens is 290 g/mol. The zero-order chi connectivity index (χ0) is 13.2. The summed E-state index contributed by atoms with van der Waals surface area (Å²) >= 11 is 3.55. The molecule has 96 valence electrons. The van der Waals surface area contributed by atoms with Crippen molar-refractivity contribution in [1.29, 1.82) is 0 Å². The lowest BCUT2D eigenvalue weighted by atomic mass is 10.0. The molecule has 0 spiro atoms. The second kappa shape index (κ2) is 5.24. The van der Waals surface area contributed by atoms with E-state index in [1.54, 1.807) is 0 Å². The van der Waals surface area contributed by atoms with Gasteiger partial charge in [0.25, 0.3) is 0 Å². The molecule has 2 aromatic rings. The van der Waals surface area contributed by atoms with Gasteiger partial charge in [0.05, 0.1) is 11.9 Å². The van der Waals surface area contributed by atoms with Crippen LogP contribution in [0.2, 0.25) is 0 Å². The zero-order valence-corrected chi connectivity index (χ0v) is 12.3. The van der Waals surface area contributed by atoms with Crippen molar-refractivity contribution in [1.82, 2.24) is 9.97 Å². The standard InChI is InChI=1S/C14H18BrN3/c1-14(2,16)8-7-13-17-9-12(18-13)10-5-3-4-6-11(10)15/h3-6,9H,7-8,16H2,1-2H3,(H,17,18). The van der Waals surface area contributed by atoms with Gasteiger partial charge in [-0.25, -0.2) is 4.98 Å². The topological polar surface area (TPSA) is 54.7 Å². The lowest BCUT2D eigenvalue weighted by Gasteiger charge is -2.16. The Morgan fingerprint density at radius 2 is 2.06 bits per heavy atom. The number of nitrogens with zero attached hydrogens (tertiary/aromatic N) is 1. The van der Waals surface area contributed by atoms with E-state index in [1.807, 2.05) is 38.2 Å². The quantitative estimate of drug-likeness (QED) is 0.908.